The van der Waals surface area contributed by atoms with Crippen LogP contribution in [0.1, 0.15) is 55.2 Å². The maximum atomic E-state index is 11.9. The van der Waals surface area contributed by atoms with Gasteiger partial charge in [0.15, 0.2) is 5.78 Å². The molecule has 114 valence electrons. The van der Waals surface area contributed by atoms with Gasteiger partial charge in [0.05, 0.1) is 13.2 Å². The summed E-state index contributed by atoms with van der Waals surface area (Å²) in [4.78, 5) is 11.9. The van der Waals surface area contributed by atoms with Gasteiger partial charge in [-0.25, -0.2) is 0 Å². The second kappa shape index (κ2) is 8.12. The number of halogens is 1. The first-order chi connectivity index (χ1) is 8.93. The van der Waals surface area contributed by atoms with Crippen LogP contribution in [0.3, 0.4) is 0 Å². The van der Waals surface area contributed by atoms with Crippen LogP contribution in [0.4, 0.5) is 0 Å². The van der Waals surface area contributed by atoms with Crippen LogP contribution < -0.4 is 15.2 Å². The average molecular weight is 302 g/mol. The Morgan fingerprint density at radius 3 is 2.25 bits per heavy atom. The van der Waals surface area contributed by atoms with Gasteiger partial charge in [-0.1, -0.05) is 0 Å². The van der Waals surface area contributed by atoms with E-state index in [0.717, 1.165) is 11.1 Å². The van der Waals surface area contributed by atoms with Gasteiger partial charge in [-0.15, -0.1) is 12.4 Å². The van der Waals surface area contributed by atoms with Crippen LogP contribution in [0.15, 0.2) is 6.07 Å². The third-order valence-electron chi connectivity index (χ3n) is 2.96. The van der Waals surface area contributed by atoms with Gasteiger partial charge in [-0.2, -0.15) is 0 Å². The van der Waals surface area contributed by atoms with Crippen LogP contribution in [-0.4, -0.2) is 19.0 Å². The molecule has 1 atom stereocenters. The molecule has 0 aliphatic heterocycles. The van der Waals surface area contributed by atoms with E-state index in [4.69, 9.17) is 15.2 Å². The predicted molar refractivity (Wildman–Crippen MR) is 83.4 cm³/mol. The number of ketones is 1. The molecule has 0 radical (unpaired) electrons. The molecule has 0 aliphatic rings. The predicted octanol–water partition coefficient (Wildman–Crippen LogP) is 3.44. The molecule has 0 unspecified atom stereocenters. The van der Waals surface area contributed by atoms with E-state index in [2.05, 4.69) is 0 Å². The average Bonchev–Trinajstić information content (AvgIpc) is 2.32. The second-order valence-electron chi connectivity index (χ2n) is 4.50. The quantitative estimate of drug-likeness (QED) is 0.818. The Morgan fingerprint density at radius 1 is 1.30 bits per heavy atom. The number of ether oxygens (including phenoxy) is 2. The lowest BCUT2D eigenvalue weighted by Crippen LogP contribution is -2.13. The maximum absolute atomic E-state index is 11.9. The molecule has 4 nitrogen and oxygen atoms in total. The zero-order chi connectivity index (χ0) is 14.6. The van der Waals surface area contributed by atoms with Gasteiger partial charge in [-0.05, 0) is 51.8 Å². The van der Waals surface area contributed by atoms with Crippen molar-refractivity contribution in [1.82, 2.24) is 0 Å². The molecule has 0 saturated heterocycles. The molecule has 20 heavy (non-hydrogen) atoms. The second-order valence-corrected chi connectivity index (χ2v) is 4.50. The fourth-order valence-electron chi connectivity index (χ4n) is 2.15. The van der Waals surface area contributed by atoms with Crippen LogP contribution in [0.5, 0.6) is 11.5 Å². The van der Waals surface area contributed by atoms with Gasteiger partial charge in [0.2, 0.25) is 0 Å². The lowest BCUT2D eigenvalue weighted by Gasteiger charge is -2.20. The highest BCUT2D eigenvalue weighted by molar-refractivity contribution is 6.00. The molecule has 0 fully saturated rings. The number of carbonyl (C=O) groups is 1. The molecular weight excluding hydrogens is 278 g/mol. The first-order valence-electron chi connectivity index (χ1n) is 6.63. The Bertz CT molecular complexity index is 473. The smallest absolute Gasteiger partial charge is 0.167 e. The highest BCUT2D eigenvalue weighted by atomic mass is 35.5. The number of rotatable bonds is 6. The molecule has 0 spiro atoms. The number of benzene rings is 1. The Hall–Kier alpha value is -1.26. The number of hydrogen-bond acceptors (Lipinski definition) is 4. The molecule has 1 aromatic carbocycles. The van der Waals surface area contributed by atoms with E-state index in [-0.39, 0.29) is 24.2 Å². The van der Waals surface area contributed by atoms with E-state index < -0.39 is 0 Å². The molecule has 2 N–H and O–H groups in total. The SMILES string of the molecule is CCOc1cc([C@@H](C)N)c(C)c(OCC)c1C(C)=O.Cl. The minimum absolute atomic E-state index is 0. The zero-order valence-electron chi connectivity index (χ0n) is 12.8. The largest absolute Gasteiger partial charge is 0.493 e. The highest BCUT2D eigenvalue weighted by Gasteiger charge is 2.22. The lowest BCUT2D eigenvalue weighted by atomic mass is 9.96. The van der Waals surface area contributed by atoms with Crippen molar-refractivity contribution in [1.29, 1.82) is 0 Å². The van der Waals surface area contributed by atoms with Gasteiger partial charge in [-0.3, -0.25) is 4.79 Å². The summed E-state index contributed by atoms with van der Waals surface area (Å²) >= 11 is 0. The zero-order valence-corrected chi connectivity index (χ0v) is 13.6. The first-order valence-corrected chi connectivity index (χ1v) is 6.63. The third-order valence-corrected chi connectivity index (χ3v) is 2.96. The molecule has 0 heterocycles. The molecule has 1 aromatic rings. The fourth-order valence-corrected chi connectivity index (χ4v) is 2.15. The van der Waals surface area contributed by atoms with E-state index in [9.17, 15) is 4.79 Å². The highest BCUT2D eigenvalue weighted by Crippen LogP contribution is 2.37. The van der Waals surface area contributed by atoms with Crippen molar-refractivity contribution in [3.8, 4) is 11.5 Å². The van der Waals surface area contributed by atoms with Crippen LogP contribution >= 0.6 is 12.4 Å². The van der Waals surface area contributed by atoms with Gasteiger partial charge < -0.3 is 15.2 Å². The molecule has 0 amide bonds. The number of nitrogens with two attached hydrogens (primary N) is 1. The number of hydrogen-bond donors (Lipinski definition) is 1. The maximum Gasteiger partial charge on any atom is 0.167 e. The Morgan fingerprint density at radius 2 is 1.85 bits per heavy atom. The van der Waals surface area contributed by atoms with E-state index in [1.807, 2.05) is 33.8 Å². The summed E-state index contributed by atoms with van der Waals surface area (Å²) in [5.41, 5.74) is 8.33. The van der Waals surface area contributed by atoms with Crippen molar-refractivity contribution >= 4 is 18.2 Å². The number of carbonyl (C=O) groups excluding carboxylic acids is 1. The van der Waals surface area contributed by atoms with Crippen molar-refractivity contribution in [2.24, 2.45) is 5.73 Å². The molecule has 0 aromatic heterocycles. The van der Waals surface area contributed by atoms with E-state index in [1.54, 1.807) is 0 Å². The molecular formula is C15H24ClNO3. The minimum atomic E-state index is -0.139. The van der Waals surface area contributed by atoms with E-state index >= 15 is 0 Å². The monoisotopic (exact) mass is 301 g/mol. The van der Waals surface area contributed by atoms with E-state index in [1.165, 1.54) is 6.92 Å². The van der Waals surface area contributed by atoms with Crippen molar-refractivity contribution in [3.05, 3.63) is 22.8 Å². The summed E-state index contributed by atoms with van der Waals surface area (Å²) in [6, 6.07) is 1.71. The molecule has 1 rings (SSSR count). The molecule has 0 bridgehead atoms. The Kier molecular flexibility index (Phi) is 7.61. The Balaban J connectivity index is 0.00000361. The summed E-state index contributed by atoms with van der Waals surface area (Å²) in [6.07, 6.45) is 0. The Labute approximate surface area is 127 Å². The van der Waals surface area contributed by atoms with Crippen LogP contribution in [0.2, 0.25) is 0 Å². The van der Waals surface area contributed by atoms with Crippen molar-refractivity contribution in [2.75, 3.05) is 13.2 Å². The summed E-state index contributed by atoms with van der Waals surface area (Å²) in [5, 5.41) is 0. The van der Waals surface area contributed by atoms with E-state index in [0.29, 0.717) is 30.3 Å². The third kappa shape index (κ3) is 3.87. The topological polar surface area (TPSA) is 61.6 Å². The molecule has 0 saturated carbocycles. The summed E-state index contributed by atoms with van der Waals surface area (Å²) in [7, 11) is 0. The molecule has 5 heteroatoms. The van der Waals surface area contributed by atoms with Gasteiger partial charge in [0, 0.05) is 6.04 Å². The summed E-state index contributed by atoms with van der Waals surface area (Å²) in [5.74, 6) is 1.08. The van der Waals surface area contributed by atoms with Crippen LogP contribution in [0, 0.1) is 6.92 Å². The van der Waals surface area contributed by atoms with Gasteiger partial charge >= 0.3 is 0 Å². The minimum Gasteiger partial charge on any atom is -0.493 e. The molecule has 0 aliphatic carbocycles. The lowest BCUT2D eigenvalue weighted by molar-refractivity contribution is 0.101. The number of Topliss-reactive ketones (excluding diaryl/α,β-unsaturated/α-hetero) is 1. The van der Waals surface area contributed by atoms with Crippen molar-refractivity contribution in [3.63, 3.8) is 0 Å². The van der Waals surface area contributed by atoms with Crippen molar-refractivity contribution < 1.29 is 14.3 Å². The van der Waals surface area contributed by atoms with Gasteiger partial charge in [0.1, 0.15) is 17.1 Å². The normalized spacial score (nSPS) is 11.5. The van der Waals surface area contributed by atoms with Crippen LogP contribution in [-0.2, 0) is 0 Å². The standard InChI is InChI=1S/C15H23NO3.ClH/c1-6-18-13-8-12(10(4)16)9(3)15(19-7-2)14(13)11(5)17;/h8,10H,6-7,16H2,1-5H3;1H/t10-;/m1./s1. The van der Waals surface area contributed by atoms with Crippen molar-refractivity contribution in [2.45, 2.75) is 40.7 Å². The van der Waals surface area contributed by atoms with Gasteiger partial charge in [0.25, 0.3) is 0 Å². The summed E-state index contributed by atoms with van der Waals surface area (Å²) < 4.78 is 11.2. The first kappa shape index (κ1) is 18.7. The summed E-state index contributed by atoms with van der Waals surface area (Å²) in [6.45, 7) is 10.1. The van der Waals surface area contributed by atoms with Crippen LogP contribution in [0.25, 0.3) is 0 Å². The fraction of sp³-hybridized carbons (Fsp3) is 0.533.